The molecule has 1 aliphatic carbocycles. The van der Waals surface area contributed by atoms with Gasteiger partial charge >= 0.3 is 0 Å². The molecular formula is C25H30N8O3S. The average Bonchev–Trinajstić information content (AvgIpc) is 3.28. The number of likely N-dealkylation sites (tertiary alicyclic amines) is 1. The second-order valence-corrected chi connectivity index (χ2v) is 11.2. The maximum Gasteiger partial charge on any atom is 0.260 e. The third-order valence-corrected chi connectivity index (χ3v) is 8.50. The van der Waals surface area contributed by atoms with Crippen LogP contribution in [0.4, 0.5) is 0 Å². The molecule has 0 bridgehead atoms. The summed E-state index contributed by atoms with van der Waals surface area (Å²) in [4.78, 5) is 29.7. The van der Waals surface area contributed by atoms with E-state index >= 15 is 0 Å². The molecule has 3 aromatic rings. The van der Waals surface area contributed by atoms with E-state index in [0.29, 0.717) is 35.5 Å². The smallest absolute Gasteiger partial charge is 0.260 e. The molecule has 2 fully saturated rings. The van der Waals surface area contributed by atoms with E-state index in [1.807, 2.05) is 19.3 Å². The number of rotatable bonds is 8. The summed E-state index contributed by atoms with van der Waals surface area (Å²) < 4.78 is 3.36. The molecule has 5 heterocycles. The van der Waals surface area contributed by atoms with Gasteiger partial charge in [0.05, 0.1) is 54.3 Å². The monoisotopic (exact) mass is 522 g/mol. The van der Waals surface area contributed by atoms with Crippen LogP contribution in [0.2, 0.25) is 0 Å². The molecule has 11 nitrogen and oxygen atoms in total. The summed E-state index contributed by atoms with van der Waals surface area (Å²) in [6.45, 7) is 4.77. The molecule has 6 rings (SSSR count). The maximum atomic E-state index is 13.2. The SMILES string of the molecule is CC1NC=C(NC(=O)CN2CCC3(CC3)C2)C=C1NC(=O)c1cnn2cc(-c3cnn(CCO)c3)sc12. The summed E-state index contributed by atoms with van der Waals surface area (Å²) in [5.74, 6) is -0.312. The molecule has 1 atom stereocenters. The fourth-order valence-corrected chi connectivity index (χ4v) is 6.03. The van der Waals surface area contributed by atoms with Gasteiger partial charge < -0.3 is 21.1 Å². The van der Waals surface area contributed by atoms with E-state index in [9.17, 15) is 9.59 Å². The first-order valence-electron chi connectivity index (χ1n) is 12.5. The molecule has 1 unspecified atom stereocenters. The van der Waals surface area contributed by atoms with Crippen molar-refractivity contribution in [3.05, 3.63) is 54.0 Å². The number of hydrogen-bond donors (Lipinski definition) is 4. The summed E-state index contributed by atoms with van der Waals surface area (Å²) in [6.07, 6.45) is 14.4. The van der Waals surface area contributed by atoms with E-state index < -0.39 is 0 Å². The Hall–Kier alpha value is -3.48. The normalized spacial score (nSPS) is 20.5. The molecule has 3 aromatic heterocycles. The molecule has 12 heteroatoms. The Morgan fingerprint density at radius 1 is 1.22 bits per heavy atom. The zero-order valence-corrected chi connectivity index (χ0v) is 21.4. The van der Waals surface area contributed by atoms with Gasteiger partial charge in [-0.3, -0.25) is 19.2 Å². The highest BCUT2D eigenvalue weighted by Gasteiger charge is 2.47. The molecule has 0 aromatic carbocycles. The standard InChI is InChI=1S/C25H30N8O3S/c1-16-20(8-18(10-26-16)29-22(35)14-31-5-4-25(15-31)2-3-25)30-23(36)19-11-28-33-13-21(37-24(19)33)17-9-27-32(12-17)6-7-34/h8-13,16,26,34H,2-7,14-15H2,1H3,(H,29,35)(H,30,36). The second-order valence-electron chi connectivity index (χ2n) is 10.2. The molecule has 37 heavy (non-hydrogen) atoms. The van der Waals surface area contributed by atoms with E-state index in [1.165, 1.54) is 30.6 Å². The van der Waals surface area contributed by atoms with Gasteiger partial charge in [-0.05, 0) is 44.2 Å². The fourth-order valence-electron chi connectivity index (χ4n) is 5.00. The largest absolute Gasteiger partial charge is 0.394 e. The zero-order chi connectivity index (χ0) is 25.6. The predicted octanol–water partition coefficient (Wildman–Crippen LogP) is 1.30. The van der Waals surface area contributed by atoms with Crippen molar-refractivity contribution >= 4 is 28.0 Å². The first-order chi connectivity index (χ1) is 17.9. The Labute approximate surface area is 217 Å². The van der Waals surface area contributed by atoms with Gasteiger partial charge in [0.25, 0.3) is 5.91 Å². The number of carbonyl (C=O) groups excluding carboxylic acids is 2. The third-order valence-electron chi connectivity index (χ3n) is 7.34. The number of allylic oxidation sites excluding steroid dienone is 1. The molecule has 1 saturated heterocycles. The van der Waals surface area contributed by atoms with Crippen LogP contribution in [0, 0.1) is 5.41 Å². The van der Waals surface area contributed by atoms with Crippen LogP contribution in [0.15, 0.2) is 48.5 Å². The van der Waals surface area contributed by atoms with E-state index in [1.54, 1.807) is 33.9 Å². The van der Waals surface area contributed by atoms with Crippen molar-refractivity contribution < 1.29 is 14.7 Å². The zero-order valence-electron chi connectivity index (χ0n) is 20.6. The van der Waals surface area contributed by atoms with Crippen LogP contribution in [0.1, 0.15) is 36.5 Å². The minimum absolute atomic E-state index is 0.0159. The predicted molar refractivity (Wildman–Crippen MR) is 138 cm³/mol. The highest BCUT2D eigenvalue weighted by atomic mass is 32.1. The number of fused-ring (bicyclic) bond motifs is 1. The minimum Gasteiger partial charge on any atom is -0.394 e. The Bertz CT molecular complexity index is 1410. The van der Waals surface area contributed by atoms with Crippen molar-refractivity contribution in [2.24, 2.45) is 5.41 Å². The first-order valence-corrected chi connectivity index (χ1v) is 13.4. The molecule has 194 valence electrons. The summed E-state index contributed by atoms with van der Waals surface area (Å²) in [7, 11) is 0. The summed E-state index contributed by atoms with van der Waals surface area (Å²) in [5.41, 5.74) is 3.15. The Balaban J connectivity index is 1.12. The van der Waals surface area contributed by atoms with Gasteiger partial charge in [0.15, 0.2) is 0 Å². The summed E-state index contributed by atoms with van der Waals surface area (Å²) in [5, 5.41) is 26.9. The average molecular weight is 523 g/mol. The van der Waals surface area contributed by atoms with Crippen molar-refractivity contribution in [3.63, 3.8) is 0 Å². The van der Waals surface area contributed by atoms with Crippen molar-refractivity contribution in [3.8, 4) is 10.4 Å². The Kier molecular flexibility index (Phi) is 6.09. The van der Waals surface area contributed by atoms with Crippen LogP contribution in [-0.2, 0) is 11.3 Å². The van der Waals surface area contributed by atoms with Crippen LogP contribution in [0.5, 0.6) is 0 Å². The van der Waals surface area contributed by atoms with Crippen molar-refractivity contribution in [1.82, 2.24) is 40.2 Å². The molecular weight excluding hydrogens is 492 g/mol. The number of amides is 2. The number of thiazole rings is 1. The lowest BCUT2D eigenvalue weighted by molar-refractivity contribution is -0.121. The van der Waals surface area contributed by atoms with Crippen molar-refractivity contribution in [2.75, 3.05) is 26.2 Å². The van der Waals surface area contributed by atoms with Crippen LogP contribution < -0.4 is 16.0 Å². The Morgan fingerprint density at radius 3 is 2.86 bits per heavy atom. The minimum atomic E-state index is -0.265. The molecule has 4 N–H and O–H groups in total. The van der Waals surface area contributed by atoms with Gasteiger partial charge in [0.2, 0.25) is 5.91 Å². The van der Waals surface area contributed by atoms with Gasteiger partial charge in [-0.25, -0.2) is 4.52 Å². The number of dihydropyridines is 1. The molecule has 1 saturated carbocycles. The highest BCUT2D eigenvalue weighted by molar-refractivity contribution is 7.21. The van der Waals surface area contributed by atoms with E-state index in [-0.39, 0.29) is 24.5 Å². The Morgan fingerprint density at radius 2 is 2.08 bits per heavy atom. The van der Waals surface area contributed by atoms with Gasteiger partial charge in [-0.1, -0.05) is 0 Å². The summed E-state index contributed by atoms with van der Waals surface area (Å²) in [6, 6.07) is -0.125. The summed E-state index contributed by atoms with van der Waals surface area (Å²) >= 11 is 1.45. The second kappa shape index (κ2) is 9.43. The number of aliphatic hydroxyl groups is 1. The number of nitrogens with one attached hydrogen (secondary N) is 3. The van der Waals surface area contributed by atoms with Crippen molar-refractivity contribution in [1.29, 1.82) is 0 Å². The molecule has 2 amide bonds. The fraction of sp³-hybridized carbons (Fsp3) is 0.440. The number of nitrogens with zero attached hydrogens (tertiary/aromatic N) is 5. The molecule has 0 radical (unpaired) electrons. The third kappa shape index (κ3) is 4.91. The highest BCUT2D eigenvalue weighted by Crippen LogP contribution is 2.52. The van der Waals surface area contributed by atoms with Crippen LogP contribution >= 0.6 is 11.3 Å². The topological polar surface area (TPSA) is 129 Å². The number of aromatic nitrogens is 4. The molecule has 1 spiro atoms. The van der Waals surface area contributed by atoms with Gasteiger partial charge in [-0.15, -0.1) is 11.3 Å². The lowest BCUT2D eigenvalue weighted by atomic mass is 10.1. The lowest BCUT2D eigenvalue weighted by Gasteiger charge is -2.23. The number of hydrogen-bond acceptors (Lipinski definition) is 8. The van der Waals surface area contributed by atoms with Gasteiger partial charge in [0, 0.05) is 36.4 Å². The van der Waals surface area contributed by atoms with Crippen LogP contribution in [0.3, 0.4) is 0 Å². The van der Waals surface area contributed by atoms with Crippen molar-refractivity contribution in [2.45, 2.75) is 38.8 Å². The molecule has 3 aliphatic rings. The van der Waals surface area contributed by atoms with Gasteiger partial charge in [-0.2, -0.15) is 10.2 Å². The lowest BCUT2D eigenvalue weighted by Crippen LogP contribution is -2.40. The number of aliphatic hydroxyl groups excluding tert-OH is 1. The van der Waals surface area contributed by atoms with Gasteiger partial charge in [0.1, 0.15) is 4.83 Å². The maximum absolute atomic E-state index is 13.2. The van der Waals surface area contributed by atoms with E-state index in [2.05, 4.69) is 31.0 Å². The van der Waals surface area contributed by atoms with Crippen LogP contribution in [0.25, 0.3) is 15.3 Å². The molecule has 2 aliphatic heterocycles. The van der Waals surface area contributed by atoms with Crippen LogP contribution in [-0.4, -0.2) is 73.5 Å². The first kappa shape index (κ1) is 23.9. The number of carbonyl (C=O) groups is 2. The van der Waals surface area contributed by atoms with E-state index in [4.69, 9.17) is 5.11 Å². The van der Waals surface area contributed by atoms with E-state index in [0.717, 1.165) is 28.4 Å². The quantitative estimate of drug-likeness (QED) is 0.351.